The highest BCUT2D eigenvalue weighted by Gasteiger charge is 2.24. The van der Waals surface area contributed by atoms with Gasteiger partial charge >= 0.3 is 0 Å². The number of nitrogens with zero attached hydrogens (tertiary/aromatic N) is 2. The molecule has 6 heteroatoms. The summed E-state index contributed by atoms with van der Waals surface area (Å²) in [4.78, 5) is 9.67. The standard InChI is InChI=1S/C20H23Cl2N3O/c21-12-5-10-15(17(22)11-12)19-24-18-4-2-1-3-16(18)20(25-19)23-13-6-8-14(26)9-7-13/h5,10-11,13-14,26H,1-4,6-9H2,(H,23,24,25)/t13-,14-. The third kappa shape index (κ3) is 3.83. The number of aliphatic hydroxyl groups is 1. The van der Waals surface area contributed by atoms with Crippen molar-refractivity contribution in [2.75, 3.05) is 5.32 Å². The molecule has 0 saturated heterocycles. The van der Waals surface area contributed by atoms with Crippen LogP contribution in [-0.2, 0) is 12.8 Å². The molecular weight excluding hydrogens is 369 g/mol. The van der Waals surface area contributed by atoms with Gasteiger partial charge in [0.1, 0.15) is 5.82 Å². The van der Waals surface area contributed by atoms with Crippen LogP contribution in [-0.4, -0.2) is 27.2 Å². The predicted molar refractivity (Wildman–Crippen MR) is 106 cm³/mol. The number of rotatable bonds is 3. The fourth-order valence-corrected chi connectivity index (χ4v) is 4.41. The van der Waals surface area contributed by atoms with Crippen LogP contribution < -0.4 is 5.32 Å². The molecule has 4 rings (SSSR count). The van der Waals surface area contributed by atoms with Gasteiger partial charge in [0.05, 0.1) is 11.1 Å². The Balaban J connectivity index is 1.70. The van der Waals surface area contributed by atoms with Gasteiger partial charge in [0, 0.05) is 27.9 Å². The Kier molecular flexibility index (Phi) is 5.35. The van der Waals surface area contributed by atoms with E-state index < -0.39 is 0 Å². The second kappa shape index (κ2) is 7.71. The van der Waals surface area contributed by atoms with Crippen LogP contribution in [0.2, 0.25) is 10.0 Å². The van der Waals surface area contributed by atoms with E-state index in [1.807, 2.05) is 12.1 Å². The Morgan fingerprint density at radius 1 is 1.00 bits per heavy atom. The minimum Gasteiger partial charge on any atom is -0.393 e. The van der Waals surface area contributed by atoms with Gasteiger partial charge in [0.15, 0.2) is 5.82 Å². The summed E-state index contributed by atoms with van der Waals surface area (Å²) in [6, 6.07) is 5.79. The molecule has 1 fully saturated rings. The molecule has 4 nitrogen and oxygen atoms in total. The van der Waals surface area contributed by atoms with Crippen molar-refractivity contribution in [2.24, 2.45) is 0 Å². The largest absolute Gasteiger partial charge is 0.393 e. The molecule has 0 unspecified atom stereocenters. The Morgan fingerprint density at radius 2 is 1.77 bits per heavy atom. The minimum atomic E-state index is -0.157. The molecule has 138 valence electrons. The Morgan fingerprint density at radius 3 is 2.54 bits per heavy atom. The van der Waals surface area contributed by atoms with Crippen molar-refractivity contribution >= 4 is 29.0 Å². The first-order valence-corrected chi connectivity index (χ1v) is 10.2. The van der Waals surface area contributed by atoms with E-state index in [0.29, 0.717) is 21.9 Å². The average molecular weight is 392 g/mol. The van der Waals surface area contributed by atoms with Crippen LogP contribution in [0.3, 0.4) is 0 Å². The Hall–Kier alpha value is -1.36. The van der Waals surface area contributed by atoms with Gasteiger partial charge in [0.2, 0.25) is 0 Å². The van der Waals surface area contributed by atoms with Crippen LogP contribution in [0.5, 0.6) is 0 Å². The first-order chi connectivity index (χ1) is 12.6. The highest BCUT2D eigenvalue weighted by atomic mass is 35.5. The smallest absolute Gasteiger partial charge is 0.163 e. The maximum absolute atomic E-state index is 9.75. The summed E-state index contributed by atoms with van der Waals surface area (Å²) in [7, 11) is 0. The summed E-state index contributed by atoms with van der Waals surface area (Å²) in [5, 5.41) is 14.6. The van der Waals surface area contributed by atoms with E-state index in [9.17, 15) is 5.11 Å². The van der Waals surface area contributed by atoms with Gasteiger partial charge in [-0.3, -0.25) is 0 Å². The molecule has 1 aromatic heterocycles. The zero-order chi connectivity index (χ0) is 18.1. The molecule has 1 aromatic carbocycles. The molecule has 0 amide bonds. The number of anilines is 1. The number of aromatic nitrogens is 2. The van der Waals surface area contributed by atoms with Crippen LogP contribution in [0.1, 0.15) is 49.8 Å². The zero-order valence-corrected chi connectivity index (χ0v) is 16.2. The lowest BCUT2D eigenvalue weighted by atomic mass is 9.92. The lowest BCUT2D eigenvalue weighted by molar-refractivity contribution is 0.126. The third-order valence-corrected chi connectivity index (χ3v) is 5.94. The Labute approximate surface area is 164 Å². The molecule has 0 bridgehead atoms. The molecule has 0 radical (unpaired) electrons. The van der Waals surface area contributed by atoms with Crippen LogP contribution in [0.25, 0.3) is 11.4 Å². The van der Waals surface area contributed by atoms with Crippen molar-refractivity contribution in [2.45, 2.75) is 63.5 Å². The highest BCUT2D eigenvalue weighted by molar-refractivity contribution is 6.36. The first-order valence-electron chi connectivity index (χ1n) is 9.40. The molecule has 2 aliphatic rings. The van der Waals surface area contributed by atoms with E-state index in [0.717, 1.165) is 62.0 Å². The molecule has 2 N–H and O–H groups in total. The summed E-state index contributed by atoms with van der Waals surface area (Å²) in [5.74, 6) is 1.60. The van der Waals surface area contributed by atoms with Crippen LogP contribution >= 0.6 is 23.2 Å². The lowest BCUT2D eigenvalue weighted by Gasteiger charge is -2.28. The summed E-state index contributed by atoms with van der Waals surface area (Å²) >= 11 is 12.4. The molecule has 1 saturated carbocycles. The summed E-state index contributed by atoms with van der Waals surface area (Å²) < 4.78 is 0. The number of nitrogens with one attached hydrogen (secondary N) is 1. The first kappa shape index (κ1) is 18.0. The van der Waals surface area contributed by atoms with Gasteiger partial charge < -0.3 is 10.4 Å². The van der Waals surface area contributed by atoms with Crippen LogP contribution in [0.4, 0.5) is 5.82 Å². The number of aliphatic hydroxyl groups excluding tert-OH is 1. The van der Waals surface area contributed by atoms with Crippen molar-refractivity contribution in [3.8, 4) is 11.4 Å². The molecule has 26 heavy (non-hydrogen) atoms. The maximum Gasteiger partial charge on any atom is 0.163 e. The zero-order valence-electron chi connectivity index (χ0n) is 14.6. The van der Waals surface area contributed by atoms with Crippen molar-refractivity contribution in [1.29, 1.82) is 0 Å². The number of halogens is 2. The third-order valence-electron chi connectivity index (χ3n) is 5.39. The summed E-state index contributed by atoms with van der Waals surface area (Å²) in [6.45, 7) is 0. The molecule has 2 aliphatic carbocycles. The number of fused-ring (bicyclic) bond motifs is 1. The second-order valence-electron chi connectivity index (χ2n) is 7.30. The maximum atomic E-state index is 9.75. The molecule has 2 aromatic rings. The van der Waals surface area contributed by atoms with Crippen molar-refractivity contribution < 1.29 is 5.11 Å². The summed E-state index contributed by atoms with van der Waals surface area (Å²) in [6.07, 6.45) is 7.81. The van der Waals surface area contributed by atoms with Gasteiger partial charge in [-0.2, -0.15) is 0 Å². The Bertz CT molecular complexity index is 804. The summed E-state index contributed by atoms with van der Waals surface area (Å²) in [5.41, 5.74) is 3.19. The van der Waals surface area contributed by atoms with Gasteiger partial charge in [0.25, 0.3) is 0 Å². The number of hydrogen-bond acceptors (Lipinski definition) is 4. The molecule has 1 heterocycles. The second-order valence-corrected chi connectivity index (χ2v) is 8.15. The predicted octanol–water partition coefficient (Wildman–Crippen LogP) is 5.04. The van der Waals surface area contributed by atoms with E-state index in [2.05, 4.69) is 5.32 Å². The number of hydrogen-bond donors (Lipinski definition) is 2. The van der Waals surface area contributed by atoms with E-state index in [1.54, 1.807) is 6.07 Å². The fraction of sp³-hybridized carbons (Fsp3) is 0.500. The van der Waals surface area contributed by atoms with Gasteiger partial charge in [-0.05, 0) is 69.6 Å². The van der Waals surface area contributed by atoms with Crippen molar-refractivity contribution in [3.63, 3.8) is 0 Å². The lowest BCUT2D eigenvalue weighted by Crippen LogP contribution is -2.29. The van der Waals surface area contributed by atoms with E-state index in [4.69, 9.17) is 33.2 Å². The van der Waals surface area contributed by atoms with E-state index >= 15 is 0 Å². The van der Waals surface area contributed by atoms with Crippen LogP contribution in [0.15, 0.2) is 18.2 Å². The topological polar surface area (TPSA) is 58.0 Å². The van der Waals surface area contributed by atoms with E-state index in [-0.39, 0.29) is 6.10 Å². The monoisotopic (exact) mass is 391 g/mol. The number of benzene rings is 1. The van der Waals surface area contributed by atoms with Crippen LogP contribution in [0, 0.1) is 0 Å². The van der Waals surface area contributed by atoms with Gasteiger partial charge in [-0.25, -0.2) is 9.97 Å². The number of aryl methyl sites for hydroxylation is 1. The fourth-order valence-electron chi connectivity index (χ4n) is 3.92. The molecule has 0 atom stereocenters. The molecule has 0 aliphatic heterocycles. The van der Waals surface area contributed by atoms with Crippen molar-refractivity contribution in [3.05, 3.63) is 39.5 Å². The van der Waals surface area contributed by atoms with Gasteiger partial charge in [-0.15, -0.1) is 0 Å². The van der Waals surface area contributed by atoms with Crippen molar-refractivity contribution in [1.82, 2.24) is 9.97 Å². The quantitative estimate of drug-likeness (QED) is 0.768. The minimum absolute atomic E-state index is 0.157. The van der Waals surface area contributed by atoms with E-state index in [1.165, 1.54) is 12.0 Å². The average Bonchev–Trinajstić information content (AvgIpc) is 2.63. The highest BCUT2D eigenvalue weighted by Crippen LogP contribution is 2.33. The van der Waals surface area contributed by atoms with Gasteiger partial charge in [-0.1, -0.05) is 23.2 Å². The molecular formula is C20H23Cl2N3O. The SMILES string of the molecule is O[C@H]1CC[C@H](Nc2nc(-c3ccc(Cl)cc3Cl)nc3c2CCCC3)CC1. The molecule has 0 spiro atoms. The normalized spacial score (nSPS) is 22.7.